The zero-order chi connectivity index (χ0) is 11.9. The molecule has 0 saturated carbocycles. The largest absolute Gasteiger partial charge is 0.496 e. The van der Waals surface area contributed by atoms with Gasteiger partial charge in [0.15, 0.2) is 0 Å². The van der Waals surface area contributed by atoms with E-state index in [2.05, 4.69) is 10.5 Å². The third-order valence-corrected chi connectivity index (χ3v) is 2.29. The highest BCUT2D eigenvalue weighted by Gasteiger charge is 1.99. The molecule has 1 N–H and O–H groups in total. The normalized spacial score (nSPS) is 10.6. The predicted octanol–water partition coefficient (Wildman–Crippen LogP) is 2.41. The van der Waals surface area contributed by atoms with E-state index in [0.717, 1.165) is 17.1 Å². The summed E-state index contributed by atoms with van der Waals surface area (Å²) in [6.07, 6.45) is 3.25. The summed E-state index contributed by atoms with van der Waals surface area (Å²) in [5.74, 6) is 1.57. The molecule has 0 amide bonds. The minimum absolute atomic E-state index is 0.612. The fourth-order valence-corrected chi connectivity index (χ4v) is 1.45. The van der Waals surface area contributed by atoms with Gasteiger partial charge in [0.05, 0.1) is 26.1 Å². The number of benzene rings is 1. The Kier molecular flexibility index (Phi) is 3.81. The number of ether oxygens (including phenoxy) is 1. The first-order valence-electron chi connectivity index (χ1n) is 5.31. The second-order valence-electron chi connectivity index (χ2n) is 3.42. The number of nitrogens with zero attached hydrogens (tertiary/aromatic N) is 1. The van der Waals surface area contributed by atoms with Gasteiger partial charge in [0.25, 0.3) is 0 Å². The van der Waals surface area contributed by atoms with Crippen molar-refractivity contribution < 1.29 is 9.15 Å². The lowest BCUT2D eigenvalue weighted by molar-refractivity contribution is 0.408. The molecule has 0 fully saturated rings. The molecule has 88 valence electrons. The van der Waals surface area contributed by atoms with Crippen molar-refractivity contribution in [3.05, 3.63) is 54.0 Å². The van der Waals surface area contributed by atoms with Crippen LogP contribution in [-0.2, 0) is 6.54 Å². The molecular weight excluding hydrogens is 216 g/mol. The average molecular weight is 230 g/mol. The molecule has 0 atom stereocenters. The van der Waals surface area contributed by atoms with Gasteiger partial charge >= 0.3 is 0 Å². The molecule has 2 aromatic rings. The van der Waals surface area contributed by atoms with E-state index in [-0.39, 0.29) is 0 Å². The van der Waals surface area contributed by atoms with Gasteiger partial charge < -0.3 is 14.6 Å². The Bertz CT molecular complexity index is 478. The smallest absolute Gasteiger partial charge is 0.146 e. The molecule has 0 aliphatic carbocycles. The summed E-state index contributed by atoms with van der Waals surface area (Å²) >= 11 is 0. The number of hydrogen-bond acceptors (Lipinski definition) is 4. The lowest BCUT2D eigenvalue weighted by Crippen LogP contribution is -2.06. The standard InChI is InChI=1S/C13H14N2O2/c1-16-13-7-3-2-5-11(13)9-14-15-10-12-6-4-8-17-12/h2-8,10,14H,9H2,1H3/b15-10-. The maximum Gasteiger partial charge on any atom is 0.146 e. The Labute approximate surface area is 99.9 Å². The zero-order valence-electron chi connectivity index (χ0n) is 9.59. The van der Waals surface area contributed by atoms with Crippen molar-refractivity contribution in [2.75, 3.05) is 7.11 Å². The monoisotopic (exact) mass is 230 g/mol. The molecule has 1 aromatic heterocycles. The summed E-state index contributed by atoms with van der Waals surface area (Å²) in [5.41, 5.74) is 4.01. The summed E-state index contributed by atoms with van der Waals surface area (Å²) < 4.78 is 10.4. The zero-order valence-corrected chi connectivity index (χ0v) is 9.59. The molecule has 2 rings (SSSR count). The number of hydrogen-bond donors (Lipinski definition) is 1. The van der Waals surface area contributed by atoms with Crippen LogP contribution in [0.15, 0.2) is 52.2 Å². The van der Waals surface area contributed by atoms with E-state index in [0.29, 0.717) is 6.54 Å². The van der Waals surface area contributed by atoms with Crippen LogP contribution in [0.4, 0.5) is 0 Å². The molecule has 1 heterocycles. The number of para-hydroxylation sites is 1. The topological polar surface area (TPSA) is 46.8 Å². The molecule has 0 unspecified atom stereocenters. The van der Waals surface area contributed by atoms with Crippen molar-refractivity contribution >= 4 is 6.21 Å². The molecule has 17 heavy (non-hydrogen) atoms. The Morgan fingerprint density at radius 2 is 2.18 bits per heavy atom. The van der Waals surface area contributed by atoms with Gasteiger partial charge in [0.1, 0.15) is 11.5 Å². The van der Waals surface area contributed by atoms with E-state index in [1.54, 1.807) is 19.6 Å². The van der Waals surface area contributed by atoms with E-state index >= 15 is 0 Å². The second-order valence-corrected chi connectivity index (χ2v) is 3.42. The lowest BCUT2D eigenvalue weighted by atomic mass is 10.2. The number of hydrazone groups is 1. The number of nitrogens with one attached hydrogen (secondary N) is 1. The molecule has 0 aliphatic heterocycles. The highest BCUT2D eigenvalue weighted by atomic mass is 16.5. The Morgan fingerprint density at radius 3 is 2.94 bits per heavy atom. The predicted molar refractivity (Wildman–Crippen MR) is 66.1 cm³/mol. The van der Waals surface area contributed by atoms with Crippen LogP contribution < -0.4 is 10.2 Å². The first-order valence-corrected chi connectivity index (χ1v) is 5.31. The molecule has 0 bridgehead atoms. The first kappa shape index (κ1) is 11.3. The van der Waals surface area contributed by atoms with Gasteiger partial charge in [0, 0.05) is 5.56 Å². The maximum atomic E-state index is 5.24. The summed E-state index contributed by atoms with van der Waals surface area (Å²) in [6, 6.07) is 11.5. The summed E-state index contributed by atoms with van der Waals surface area (Å²) in [6.45, 7) is 0.612. The van der Waals surface area contributed by atoms with E-state index in [9.17, 15) is 0 Å². The van der Waals surface area contributed by atoms with Gasteiger partial charge in [-0.3, -0.25) is 0 Å². The number of rotatable bonds is 5. The molecule has 0 aliphatic rings. The van der Waals surface area contributed by atoms with Crippen molar-refractivity contribution in [3.63, 3.8) is 0 Å². The summed E-state index contributed by atoms with van der Waals surface area (Å²) in [5, 5.41) is 4.06. The first-order chi connectivity index (χ1) is 8.40. The Morgan fingerprint density at radius 1 is 1.29 bits per heavy atom. The minimum atomic E-state index is 0.612. The molecule has 4 heteroatoms. The van der Waals surface area contributed by atoms with Gasteiger partial charge in [-0.25, -0.2) is 0 Å². The highest BCUT2D eigenvalue weighted by molar-refractivity contribution is 5.75. The maximum absolute atomic E-state index is 5.24. The van der Waals surface area contributed by atoms with Gasteiger partial charge in [-0.15, -0.1) is 0 Å². The van der Waals surface area contributed by atoms with Gasteiger partial charge in [-0.1, -0.05) is 18.2 Å². The fraction of sp³-hybridized carbons (Fsp3) is 0.154. The van der Waals surface area contributed by atoms with Gasteiger partial charge in [-0.2, -0.15) is 5.10 Å². The summed E-state index contributed by atoms with van der Waals surface area (Å²) in [7, 11) is 1.66. The number of furan rings is 1. The Hall–Kier alpha value is -2.23. The molecule has 0 saturated heterocycles. The van der Waals surface area contributed by atoms with Crippen LogP contribution in [0.5, 0.6) is 5.75 Å². The van der Waals surface area contributed by atoms with Crippen molar-refractivity contribution in [2.45, 2.75) is 6.54 Å². The Balaban J connectivity index is 1.90. The fourth-order valence-electron chi connectivity index (χ4n) is 1.45. The molecule has 4 nitrogen and oxygen atoms in total. The highest BCUT2D eigenvalue weighted by Crippen LogP contribution is 2.16. The molecule has 0 radical (unpaired) electrons. The number of methoxy groups -OCH3 is 1. The van der Waals surface area contributed by atoms with Gasteiger partial charge in [-0.05, 0) is 18.2 Å². The minimum Gasteiger partial charge on any atom is -0.496 e. The van der Waals surface area contributed by atoms with Crippen molar-refractivity contribution in [1.29, 1.82) is 0 Å². The van der Waals surface area contributed by atoms with Crippen molar-refractivity contribution in [2.24, 2.45) is 5.10 Å². The second kappa shape index (κ2) is 5.75. The van der Waals surface area contributed by atoms with Gasteiger partial charge in [0.2, 0.25) is 0 Å². The van der Waals surface area contributed by atoms with Crippen molar-refractivity contribution in [1.82, 2.24) is 5.43 Å². The van der Waals surface area contributed by atoms with E-state index in [4.69, 9.17) is 9.15 Å². The lowest BCUT2D eigenvalue weighted by Gasteiger charge is -2.06. The van der Waals surface area contributed by atoms with Crippen LogP contribution in [0.25, 0.3) is 0 Å². The summed E-state index contributed by atoms with van der Waals surface area (Å²) in [4.78, 5) is 0. The molecular formula is C13H14N2O2. The van der Waals surface area contributed by atoms with Crippen LogP contribution in [0.2, 0.25) is 0 Å². The van der Waals surface area contributed by atoms with E-state index < -0.39 is 0 Å². The average Bonchev–Trinajstić information content (AvgIpc) is 2.88. The van der Waals surface area contributed by atoms with Crippen molar-refractivity contribution in [3.8, 4) is 5.75 Å². The third-order valence-electron chi connectivity index (χ3n) is 2.29. The van der Waals surface area contributed by atoms with Crippen LogP contribution in [-0.4, -0.2) is 13.3 Å². The van der Waals surface area contributed by atoms with Crippen LogP contribution in [0.1, 0.15) is 11.3 Å². The SMILES string of the molecule is COc1ccccc1CN/N=C\c1ccco1. The third kappa shape index (κ3) is 3.11. The van der Waals surface area contributed by atoms with Crippen LogP contribution >= 0.6 is 0 Å². The van der Waals surface area contributed by atoms with E-state index in [1.807, 2.05) is 36.4 Å². The molecule has 1 aromatic carbocycles. The van der Waals surface area contributed by atoms with E-state index in [1.165, 1.54) is 0 Å². The van der Waals surface area contributed by atoms with Crippen LogP contribution in [0, 0.1) is 0 Å². The van der Waals surface area contributed by atoms with Crippen LogP contribution in [0.3, 0.4) is 0 Å². The quantitative estimate of drug-likeness (QED) is 0.633. The molecule has 0 spiro atoms.